The van der Waals surface area contributed by atoms with Crippen molar-refractivity contribution in [2.75, 3.05) is 20.8 Å². The summed E-state index contributed by atoms with van der Waals surface area (Å²) < 4.78 is 25.3. The zero-order chi connectivity index (χ0) is 27.2. The maximum atomic E-state index is 11.1. The van der Waals surface area contributed by atoms with Crippen LogP contribution in [0.2, 0.25) is 0 Å². The first-order valence-electron chi connectivity index (χ1n) is 12.9. The third-order valence-electron chi connectivity index (χ3n) is 6.78. The van der Waals surface area contributed by atoms with E-state index in [1.165, 1.54) is 0 Å². The summed E-state index contributed by atoms with van der Waals surface area (Å²) in [4.78, 5) is 0. The Labute approximate surface area is 229 Å². The molecule has 1 heterocycles. The van der Waals surface area contributed by atoms with Crippen molar-refractivity contribution in [3.05, 3.63) is 108 Å². The summed E-state index contributed by atoms with van der Waals surface area (Å²) in [6.07, 6.45) is -0.739. The number of aliphatic hydroxyl groups is 1. The summed E-state index contributed by atoms with van der Waals surface area (Å²) in [5, 5.41) is 12.1. The quantitative estimate of drug-likeness (QED) is 0.210. The molecule has 0 amide bonds. The van der Waals surface area contributed by atoms with Crippen LogP contribution in [0.3, 0.4) is 0 Å². The molecule has 0 saturated carbocycles. The van der Waals surface area contributed by atoms with Crippen molar-refractivity contribution in [1.29, 1.82) is 0 Å². The summed E-state index contributed by atoms with van der Waals surface area (Å²) in [5.74, 6) is 2.91. The molecule has 6 heteroatoms. The van der Waals surface area contributed by atoms with E-state index in [1.807, 2.05) is 91.0 Å². The van der Waals surface area contributed by atoms with Gasteiger partial charge in [0.15, 0.2) is 0 Å². The van der Waals surface area contributed by atoms with Gasteiger partial charge in [0.25, 0.3) is 0 Å². The molecular weight excluding hydrogens is 490 g/mol. The molecule has 1 N–H and O–H groups in total. The normalized spacial score (nSPS) is 11.8. The lowest BCUT2D eigenvalue weighted by Gasteiger charge is -2.19. The van der Waals surface area contributed by atoms with Gasteiger partial charge < -0.3 is 28.6 Å². The molecule has 0 aliphatic rings. The number of benzene rings is 4. The van der Waals surface area contributed by atoms with Crippen molar-refractivity contribution >= 4 is 10.9 Å². The number of para-hydroxylation sites is 1. The number of aromatic nitrogens is 1. The van der Waals surface area contributed by atoms with Gasteiger partial charge in [0.2, 0.25) is 0 Å². The van der Waals surface area contributed by atoms with Crippen LogP contribution in [0.5, 0.6) is 23.0 Å². The number of ether oxygens (including phenoxy) is 4. The average Bonchev–Trinajstić information content (AvgIpc) is 3.25. The SMILES string of the molecule is COc1ccc(-c2c(C)c3cc(OCc4ccccc4)ccc3n2CC(O)COc2ccccc2)c(OC)c1. The minimum atomic E-state index is -0.739. The van der Waals surface area contributed by atoms with Crippen LogP contribution in [0, 0.1) is 6.92 Å². The van der Waals surface area contributed by atoms with Crippen LogP contribution in [0.25, 0.3) is 22.2 Å². The smallest absolute Gasteiger partial charge is 0.131 e. The Balaban J connectivity index is 1.52. The highest BCUT2D eigenvalue weighted by Crippen LogP contribution is 2.40. The van der Waals surface area contributed by atoms with E-state index in [0.717, 1.165) is 44.8 Å². The second kappa shape index (κ2) is 12.0. The third kappa shape index (κ3) is 5.86. The van der Waals surface area contributed by atoms with E-state index in [4.69, 9.17) is 18.9 Å². The molecule has 1 unspecified atom stereocenters. The third-order valence-corrected chi connectivity index (χ3v) is 6.78. The number of nitrogens with zero attached hydrogens (tertiary/aromatic N) is 1. The number of hydrogen-bond donors (Lipinski definition) is 1. The monoisotopic (exact) mass is 523 g/mol. The second-order valence-corrected chi connectivity index (χ2v) is 9.38. The van der Waals surface area contributed by atoms with Crippen molar-refractivity contribution < 1.29 is 24.1 Å². The van der Waals surface area contributed by atoms with Crippen molar-refractivity contribution in [3.63, 3.8) is 0 Å². The lowest BCUT2D eigenvalue weighted by molar-refractivity contribution is 0.0939. The van der Waals surface area contributed by atoms with Gasteiger partial charge in [0, 0.05) is 22.5 Å². The minimum Gasteiger partial charge on any atom is -0.497 e. The van der Waals surface area contributed by atoms with E-state index in [0.29, 0.717) is 24.7 Å². The molecule has 1 aromatic heterocycles. The van der Waals surface area contributed by atoms with E-state index >= 15 is 0 Å². The Morgan fingerprint density at radius 1 is 0.744 bits per heavy atom. The molecule has 1 atom stereocenters. The molecular formula is C33H33NO5. The van der Waals surface area contributed by atoms with Gasteiger partial charge >= 0.3 is 0 Å². The van der Waals surface area contributed by atoms with Gasteiger partial charge in [-0.1, -0.05) is 48.5 Å². The highest BCUT2D eigenvalue weighted by Gasteiger charge is 2.22. The van der Waals surface area contributed by atoms with Gasteiger partial charge in [-0.15, -0.1) is 0 Å². The van der Waals surface area contributed by atoms with Crippen molar-refractivity contribution in [1.82, 2.24) is 4.57 Å². The highest BCUT2D eigenvalue weighted by molar-refractivity contribution is 5.93. The molecule has 0 bridgehead atoms. The Bertz CT molecular complexity index is 1530. The fourth-order valence-corrected chi connectivity index (χ4v) is 4.84. The van der Waals surface area contributed by atoms with E-state index in [-0.39, 0.29) is 6.61 Å². The topological polar surface area (TPSA) is 62.1 Å². The largest absolute Gasteiger partial charge is 0.497 e. The average molecular weight is 524 g/mol. The highest BCUT2D eigenvalue weighted by atomic mass is 16.5. The Hall–Kier alpha value is -4.42. The molecule has 0 fully saturated rings. The van der Waals surface area contributed by atoms with E-state index in [1.54, 1.807) is 14.2 Å². The number of fused-ring (bicyclic) bond motifs is 1. The first kappa shape index (κ1) is 26.2. The fraction of sp³-hybridized carbons (Fsp3) is 0.212. The Kier molecular flexibility index (Phi) is 8.04. The number of hydrogen-bond acceptors (Lipinski definition) is 5. The molecule has 5 rings (SSSR count). The van der Waals surface area contributed by atoms with Crippen LogP contribution in [-0.4, -0.2) is 36.6 Å². The number of aliphatic hydroxyl groups excluding tert-OH is 1. The molecule has 0 radical (unpaired) electrons. The first-order chi connectivity index (χ1) is 19.1. The summed E-state index contributed by atoms with van der Waals surface area (Å²) in [6.45, 7) is 3.08. The van der Waals surface area contributed by atoms with Gasteiger partial charge in [0.1, 0.15) is 42.3 Å². The maximum Gasteiger partial charge on any atom is 0.131 e. The number of rotatable bonds is 11. The molecule has 0 aliphatic carbocycles. The summed E-state index contributed by atoms with van der Waals surface area (Å²) in [5.41, 5.74) is 5.04. The van der Waals surface area contributed by atoms with Gasteiger partial charge in [-0.05, 0) is 60.5 Å². The number of aryl methyl sites for hydroxylation is 1. The summed E-state index contributed by atoms with van der Waals surface area (Å²) >= 11 is 0. The lowest BCUT2D eigenvalue weighted by Crippen LogP contribution is -2.24. The van der Waals surface area contributed by atoms with E-state index in [2.05, 4.69) is 17.6 Å². The van der Waals surface area contributed by atoms with Crippen LogP contribution >= 0.6 is 0 Å². The van der Waals surface area contributed by atoms with Crippen LogP contribution in [0.4, 0.5) is 0 Å². The van der Waals surface area contributed by atoms with E-state index in [9.17, 15) is 5.11 Å². The van der Waals surface area contributed by atoms with Gasteiger partial charge in [-0.25, -0.2) is 0 Å². The zero-order valence-electron chi connectivity index (χ0n) is 22.5. The standard InChI is InChI=1S/C33H33NO5/c1-23-30-18-28(38-21-24-10-6-4-7-11-24)15-17-31(30)34(20-25(35)22-39-26-12-8-5-9-13-26)33(23)29-16-14-27(36-2)19-32(29)37-3/h4-19,25,35H,20-22H2,1-3H3. The van der Waals surface area contributed by atoms with Crippen LogP contribution < -0.4 is 18.9 Å². The fourth-order valence-electron chi connectivity index (χ4n) is 4.84. The first-order valence-corrected chi connectivity index (χ1v) is 12.9. The van der Waals surface area contributed by atoms with E-state index < -0.39 is 6.10 Å². The molecule has 0 spiro atoms. The van der Waals surface area contributed by atoms with Gasteiger partial charge in [-0.2, -0.15) is 0 Å². The molecule has 5 aromatic rings. The predicted octanol–water partition coefficient (Wildman–Crippen LogP) is 6.65. The molecule has 0 aliphatic heterocycles. The minimum absolute atomic E-state index is 0.167. The lowest BCUT2D eigenvalue weighted by atomic mass is 10.0. The Morgan fingerprint density at radius 2 is 1.46 bits per heavy atom. The van der Waals surface area contributed by atoms with Crippen LogP contribution in [-0.2, 0) is 13.2 Å². The van der Waals surface area contributed by atoms with Crippen molar-refractivity contribution in [2.24, 2.45) is 0 Å². The zero-order valence-corrected chi connectivity index (χ0v) is 22.5. The second-order valence-electron chi connectivity index (χ2n) is 9.38. The molecule has 200 valence electrons. The molecule has 39 heavy (non-hydrogen) atoms. The van der Waals surface area contributed by atoms with Gasteiger partial charge in [0.05, 0.1) is 26.5 Å². The van der Waals surface area contributed by atoms with Crippen molar-refractivity contribution in [3.8, 4) is 34.3 Å². The van der Waals surface area contributed by atoms with Crippen LogP contribution in [0.1, 0.15) is 11.1 Å². The summed E-state index contributed by atoms with van der Waals surface area (Å²) in [6, 6.07) is 31.5. The predicted molar refractivity (Wildman–Crippen MR) is 154 cm³/mol. The summed E-state index contributed by atoms with van der Waals surface area (Å²) in [7, 11) is 3.29. The van der Waals surface area contributed by atoms with Gasteiger partial charge in [-0.3, -0.25) is 0 Å². The Morgan fingerprint density at radius 3 is 2.18 bits per heavy atom. The van der Waals surface area contributed by atoms with Crippen LogP contribution in [0.15, 0.2) is 97.1 Å². The van der Waals surface area contributed by atoms with Crippen molar-refractivity contribution in [2.45, 2.75) is 26.2 Å². The molecule has 4 aromatic carbocycles. The maximum absolute atomic E-state index is 11.1. The molecule has 6 nitrogen and oxygen atoms in total. The molecule has 0 saturated heterocycles. The number of methoxy groups -OCH3 is 2.